The van der Waals surface area contributed by atoms with Crippen LogP contribution in [0.2, 0.25) is 0 Å². The van der Waals surface area contributed by atoms with Crippen LogP contribution in [-0.2, 0) is 10.0 Å². The molecule has 154 valence electrons. The van der Waals surface area contributed by atoms with Gasteiger partial charge in [-0.1, -0.05) is 42.0 Å². The van der Waals surface area contributed by atoms with Gasteiger partial charge in [0.2, 0.25) is 0 Å². The molecule has 0 saturated carbocycles. The molecule has 0 radical (unpaired) electrons. The van der Waals surface area contributed by atoms with Gasteiger partial charge in [-0.3, -0.25) is 0 Å². The summed E-state index contributed by atoms with van der Waals surface area (Å²) >= 11 is 0. The Morgan fingerprint density at radius 2 is 1.68 bits per heavy atom. The van der Waals surface area contributed by atoms with E-state index in [4.69, 9.17) is 4.42 Å². The predicted octanol–water partition coefficient (Wildman–Crippen LogP) is 5.82. The van der Waals surface area contributed by atoms with Crippen molar-refractivity contribution < 1.29 is 12.8 Å². The summed E-state index contributed by atoms with van der Waals surface area (Å²) in [5.41, 5.74) is 5.50. The highest BCUT2D eigenvalue weighted by Gasteiger charge is 2.24. The normalized spacial score (nSPS) is 11.8. The predicted molar refractivity (Wildman–Crippen MR) is 121 cm³/mol. The van der Waals surface area contributed by atoms with Crippen molar-refractivity contribution in [3.63, 3.8) is 0 Å². The minimum atomic E-state index is -3.87. The summed E-state index contributed by atoms with van der Waals surface area (Å²) in [6.45, 7) is 3.99. The summed E-state index contributed by atoms with van der Waals surface area (Å²) in [6.07, 6.45) is 4.72. The molecule has 2 aromatic carbocycles. The standard InChI is InChI=1S/C25H20N2O3S/c1-17-6-8-19(9-7-17)20-10-11-23-21(15-20)22(25-18(2)12-14-30-25)16-27(23)31(28,29)24-5-3-4-13-26-24/h3-16H,1-2H3. The first kappa shape index (κ1) is 19.3. The molecule has 5 aromatic rings. The van der Waals surface area contributed by atoms with E-state index in [1.165, 1.54) is 21.8 Å². The third kappa shape index (κ3) is 3.25. The summed E-state index contributed by atoms with van der Waals surface area (Å²) in [4.78, 5) is 4.06. The number of rotatable bonds is 4. The average Bonchev–Trinajstić information content (AvgIpc) is 3.38. The van der Waals surface area contributed by atoms with Crippen LogP contribution in [-0.4, -0.2) is 17.4 Å². The zero-order valence-electron chi connectivity index (χ0n) is 17.1. The number of fused-ring (bicyclic) bond motifs is 1. The van der Waals surface area contributed by atoms with E-state index >= 15 is 0 Å². The Balaban J connectivity index is 1.78. The minimum absolute atomic E-state index is 0.00257. The molecular weight excluding hydrogens is 408 g/mol. The summed E-state index contributed by atoms with van der Waals surface area (Å²) in [6, 6.07) is 20.8. The van der Waals surface area contributed by atoms with Crippen LogP contribution in [0, 0.1) is 13.8 Å². The van der Waals surface area contributed by atoms with Gasteiger partial charge in [-0.15, -0.1) is 0 Å². The minimum Gasteiger partial charge on any atom is -0.464 e. The Kier molecular flexibility index (Phi) is 4.52. The number of benzene rings is 2. The molecule has 0 bridgehead atoms. The molecule has 0 unspecified atom stereocenters. The van der Waals surface area contributed by atoms with E-state index in [1.54, 1.807) is 24.6 Å². The molecule has 0 fully saturated rings. The molecule has 0 spiro atoms. The molecule has 0 N–H and O–H groups in total. The Morgan fingerprint density at radius 1 is 0.903 bits per heavy atom. The number of nitrogens with zero attached hydrogens (tertiary/aromatic N) is 2. The summed E-state index contributed by atoms with van der Waals surface area (Å²) in [7, 11) is -3.87. The molecule has 31 heavy (non-hydrogen) atoms. The highest BCUT2D eigenvalue weighted by molar-refractivity contribution is 7.90. The number of hydrogen-bond acceptors (Lipinski definition) is 4. The summed E-state index contributed by atoms with van der Waals surface area (Å²) < 4.78 is 33.8. The highest BCUT2D eigenvalue weighted by atomic mass is 32.2. The van der Waals surface area contributed by atoms with Gasteiger partial charge in [-0.25, -0.2) is 8.96 Å². The van der Waals surface area contributed by atoms with Crippen molar-refractivity contribution in [3.05, 3.63) is 96.5 Å². The smallest absolute Gasteiger partial charge is 0.285 e. The van der Waals surface area contributed by atoms with Gasteiger partial charge in [0.15, 0.2) is 5.03 Å². The fraction of sp³-hybridized carbons (Fsp3) is 0.0800. The van der Waals surface area contributed by atoms with E-state index in [0.29, 0.717) is 11.3 Å². The molecule has 0 aliphatic heterocycles. The van der Waals surface area contributed by atoms with Crippen molar-refractivity contribution in [2.24, 2.45) is 0 Å². The lowest BCUT2D eigenvalue weighted by Gasteiger charge is -2.07. The van der Waals surface area contributed by atoms with Crippen molar-refractivity contribution in [2.75, 3.05) is 0 Å². The van der Waals surface area contributed by atoms with E-state index < -0.39 is 10.0 Å². The maximum Gasteiger partial charge on any atom is 0.285 e. The fourth-order valence-electron chi connectivity index (χ4n) is 3.75. The zero-order chi connectivity index (χ0) is 21.6. The second kappa shape index (κ2) is 7.25. The maximum absolute atomic E-state index is 13.4. The molecule has 0 aliphatic carbocycles. The summed E-state index contributed by atoms with van der Waals surface area (Å²) in [5, 5.41) is 0.799. The Bertz CT molecular complexity index is 1500. The Hall–Kier alpha value is -3.64. The van der Waals surface area contributed by atoms with Gasteiger partial charge in [0.25, 0.3) is 10.0 Å². The van der Waals surface area contributed by atoms with E-state index in [2.05, 4.69) is 29.2 Å². The van der Waals surface area contributed by atoms with Crippen LogP contribution in [0.5, 0.6) is 0 Å². The lowest BCUT2D eigenvalue weighted by molar-refractivity contribution is 0.580. The van der Waals surface area contributed by atoms with Crippen LogP contribution in [0.3, 0.4) is 0 Å². The van der Waals surface area contributed by atoms with Gasteiger partial charge < -0.3 is 4.42 Å². The lowest BCUT2D eigenvalue weighted by atomic mass is 10.0. The van der Waals surface area contributed by atoms with Crippen LogP contribution in [0.4, 0.5) is 0 Å². The van der Waals surface area contributed by atoms with Gasteiger partial charge in [-0.05, 0) is 60.9 Å². The van der Waals surface area contributed by atoms with Crippen molar-refractivity contribution in [2.45, 2.75) is 18.9 Å². The number of furan rings is 1. The largest absolute Gasteiger partial charge is 0.464 e. The topological polar surface area (TPSA) is 65.1 Å². The molecule has 0 saturated heterocycles. The van der Waals surface area contributed by atoms with Crippen molar-refractivity contribution in [1.29, 1.82) is 0 Å². The molecule has 3 heterocycles. The quantitative estimate of drug-likeness (QED) is 0.362. The first-order valence-electron chi connectivity index (χ1n) is 9.88. The van der Waals surface area contributed by atoms with Gasteiger partial charge in [0.1, 0.15) is 5.76 Å². The molecular formula is C25H20N2O3S. The van der Waals surface area contributed by atoms with Crippen LogP contribution in [0.1, 0.15) is 11.1 Å². The zero-order valence-corrected chi connectivity index (χ0v) is 17.9. The van der Waals surface area contributed by atoms with Crippen LogP contribution in [0.15, 0.2) is 94.8 Å². The van der Waals surface area contributed by atoms with Crippen molar-refractivity contribution >= 4 is 20.9 Å². The number of hydrogen-bond donors (Lipinski definition) is 0. The molecule has 0 amide bonds. The van der Waals surface area contributed by atoms with Crippen LogP contribution < -0.4 is 0 Å². The number of aryl methyl sites for hydroxylation is 2. The second-order valence-corrected chi connectivity index (χ2v) is 9.30. The average molecular weight is 429 g/mol. The second-order valence-electron chi connectivity index (χ2n) is 7.54. The Labute approximate surface area is 180 Å². The van der Waals surface area contributed by atoms with Gasteiger partial charge in [0.05, 0.1) is 11.8 Å². The third-order valence-corrected chi connectivity index (χ3v) is 7.01. The van der Waals surface area contributed by atoms with Crippen molar-refractivity contribution in [3.8, 4) is 22.5 Å². The molecule has 0 atom stereocenters. The molecule has 3 aromatic heterocycles. The summed E-state index contributed by atoms with van der Waals surface area (Å²) in [5.74, 6) is 0.654. The lowest BCUT2D eigenvalue weighted by Crippen LogP contribution is -2.13. The first-order valence-corrected chi connectivity index (χ1v) is 11.3. The van der Waals surface area contributed by atoms with Crippen LogP contribution >= 0.6 is 0 Å². The molecule has 6 heteroatoms. The van der Waals surface area contributed by atoms with Crippen molar-refractivity contribution in [1.82, 2.24) is 8.96 Å². The van der Waals surface area contributed by atoms with Gasteiger partial charge >= 0.3 is 0 Å². The molecule has 5 nitrogen and oxygen atoms in total. The van der Waals surface area contributed by atoms with Gasteiger partial charge in [0, 0.05) is 23.3 Å². The monoisotopic (exact) mass is 428 g/mol. The Morgan fingerprint density at radius 3 is 2.35 bits per heavy atom. The van der Waals surface area contributed by atoms with Gasteiger partial charge in [-0.2, -0.15) is 8.42 Å². The van der Waals surface area contributed by atoms with E-state index in [0.717, 1.165) is 27.6 Å². The van der Waals surface area contributed by atoms with E-state index in [-0.39, 0.29) is 5.03 Å². The number of aromatic nitrogens is 2. The van der Waals surface area contributed by atoms with Crippen LogP contribution in [0.25, 0.3) is 33.4 Å². The van der Waals surface area contributed by atoms with E-state index in [9.17, 15) is 8.42 Å². The maximum atomic E-state index is 13.4. The highest BCUT2D eigenvalue weighted by Crippen LogP contribution is 2.37. The first-order chi connectivity index (χ1) is 14.9. The molecule has 0 aliphatic rings. The SMILES string of the molecule is Cc1ccc(-c2ccc3c(c2)c(-c2occc2C)cn3S(=O)(=O)c2ccccn2)cc1. The third-order valence-electron chi connectivity index (χ3n) is 5.42. The van der Waals surface area contributed by atoms with E-state index in [1.807, 2.05) is 38.1 Å². The number of pyridine rings is 1. The fourth-order valence-corrected chi connectivity index (χ4v) is 5.06. The molecule has 5 rings (SSSR count).